The van der Waals surface area contributed by atoms with Crippen LogP contribution in [0.3, 0.4) is 0 Å². The Labute approximate surface area is 292 Å². The van der Waals surface area contributed by atoms with Crippen LogP contribution in [0.15, 0.2) is 100 Å². The van der Waals surface area contributed by atoms with E-state index < -0.39 is 15.9 Å². The lowest BCUT2D eigenvalue weighted by Crippen LogP contribution is -2.46. The maximum Gasteiger partial charge on any atom is 0.301 e. The van der Waals surface area contributed by atoms with E-state index in [1.54, 1.807) is 12.1 Å². The molecule has 0 aliphatic carbocycles. The maximum atomic E-state index is 13.6. The molecule has 50 heavy (non-hydrogen) atoms. The summed E-state index contributed by atoms with van der Waals surface area (Å²) in [6, 6.07) is 28.1. The number of hydrogen-bond donors (Lipinski definition) is 2. The molecule has 10 heteroatoms. The van der Waals surface area contributed by atoms with Gasteiger partial charge in [-0.1, -0.05) is 47.5 Å². The first-order valence-corrected chi connectivity index (χ1v) is 18.4. The maximum absolute atomic E-state index is 13.6. The number of fused-ring (bicyclic) bond motifs is 2. The molecule has 254 valence electrons. The van der Waals surface area contributed by atoms with E-state index in [0.717, 1.165) is 90.7 Å². The number of H-pyrrole nitrogens is 1. The van der Waals surface area contributed by atoms with E-state index in [0.29, 0.717) is 16.7 Å². The van der Waals surface area contributed by atoms with Crippen LogP contribution < -0.4 is 9.62 Å². The molecule has 0 spiro atoms. The van der Waals surface area contributed by atoms with Crippen molar-refractivity contribution >= 4 is 43.5 Å². The fourth-order valence-corrected chi connectivity index (χ4v) is 7.68. The summed E-state index contributed by atoms with van der Waals surface area (Å²) in [5, 5.41) is 11.2. The molecule has 2 aromatic heterocycles. The third-order valence-corrected chi connectivity index (χ3v) is 10.9. The van der Waals surface area contributed by atoms with Crippen molar-refractivity contribution in [3.05, 3.63) is 119 Å². The molecule has 7 rings (SSSR count). The molecule has 0 radical (unpaired) electrons. The minimum Gasteiger partial charge on any atom is -0.450 e. The number of nitrogens with zero attached hydrogens (tertiary/aromatic N) is 3. The number of anilines is 1. The third kappa shape index (κ3) is 6.88. The Bertz CT molecular complexity index is 2330. The minimum atomic E-state index is -4.11. The molecule has 6 aromatic rings. The number of carbonyl (C=O) groups excluding carboxylic acids is 1. The number of amides is 1. The van der Waals surface area contributed by atoms with Gasteiger partial charge in [0.15, 0.2) is 0 Å². The van der Waals surface area contributed by atoms with E-state index in [9.17, 15) is 18.5 Å². The normalized spacial score (nSPS) is 13.9. The van der Waals surface area contributed by atoms with Crippen LogP contribution >= 0.6 is 0 Å². The smallest absolute Gasteiger partial charge is 0.301 e. The number of unbranched alkanes of at least 4 members (excludes halogenated alkanes) is 1. The van der Waals surface area contributed by atoms with Gasteiger partial charge in [-0.25, -0.2) is 13.1 Å². The molecule has 0 atom stereocenters. The number of furan rings is 1. The van der Waals surface area contributed by atoms with Crippen molar-refractivity contribution in [2.75, 3.05) is 37.6 Å². The van der Waals surface area contributed by atoms with Crippen LogP contribution in [0.5, 0.6) is 0 Å². The number of aryl methyl sites for hydroxylation is 3. The quantitative estimate of drug-likeness (QED) is 0.145. The number of benzene rings is 4. The van der Waals surface area contributed by atoms with E-state index in [4.69, 9.17) is 4.42 Å². The van der Waals surface area contributed by atoms with Gasteiger partial charge in [-0.05, 0) is 99.3 Å². The van der Waals surface area contributed by atoms with Crippen molar-refractivity contribution in [1.29, 1.82) is 5.26 Å². The van der Waals surface area contributed by atoms with E-state index >= 15 is 0 Å². The summed E-state index contributed by atoms with van der Waals surface area (Å²) in [5.41, 5.74) is 7.88. The fourth-order valence-electron chi connectivity index (χ4n) is 6.73. The highest BCUT2D eigenvalue weighted by Gasteiger charge is 2.27. The molecule has 9 nitrogen and oxygen atoms in total. The summed E-state index contributed by atoms with van der Waals surface area (Å²) in [4.78, 5) is 21.8. The second-order valence-electron chi connectivity index (χ2n) is 13.1. The highest BCUT2D eigenvalue weighted by atomic mass is 32.2. The molecule has 2 N–H and O–H groups in total. The largest absolute Gasteiger partial charge is 0.450 e. The second kappa shape index (κ2) is 13.9. The van der Waals surface area contributed by atoms with Crippen LogP contribution in [0, 0.1) is 25.2 Å². The zero-order chi connectivity index (χ0) is 34.8. The summed E-state index contributed by atoms with van der Waals surface area (Å²) in [5.74, 6) is -0.858. The van der Waals surface area contributed by atoms with Crippen LogP contribution in [-0.2, 0) is 16.4 Å². The van der Waals surface area contributed by atoms with Gasteiger partial charge < -0.3 is 14.3 Å². The number of aromatic amines is 1. The lowest BCUT2D eigenvalue weighted by Gasteiger charge is -2.36. The highest BCUT2D eigenvalue weighted by molar-refractivity contribution is 7.90. The molecule has 1 saturated heterocycles. The van der Waals surface area contributed by atoms with E-state index in [1.807, 2.05) is 74.5 Å². The number of rotatable bonds is 10. The van der Waals surface area contributed by atoms with Gasteiger partial charge in [0.05, 0.1) is 16.5 Å². The minimum absolute atomic E-state index is 0.00951. The fraction of sp³-hybridized carbons (Fsp3) is 0.250. The van der Waals surface area contributed by atoms with Crippen molar-refractivity contribution in [1.82, 2.24) is 14.6 Å². The number of nitriles is 1. The predicted octanol–water partition coefficient (Wildman–Crippen LogP) is 7.33. The number of aromatic nitrogens is 1. The zero-order valence-corrected chi connectivity index (χ0v) is 29.0. The van der Waals surface area contributed by atoms with Crippen LogP contribution in [0.2, 0.25) is 0 Å². The van der Waals surface area contributed by atoms with Crippen molar-refractivity contribution < 1.29 is 17.6 Å². The number of carbonyl (C=O) groups is 1. The van der Waals surface area contributed by atoms with Crippen molar-refractivity contribution in [2.24, 2.45) is 0 Å². The zero-order valence-electron chi connectivity index (χ0n) is 28.2. The molecule has 1 fully saturated rings. The topological polar surface area (TPSA) is 122 Å². The predicted molar refractivity (Wildman–Crippen MR) is 197 cm³/mol. The molecular formula is C40H39N5O4S. The second-order valence-corrected chi connectivity index (χ2v) is 14.8. The molecule has 1 aliphatic rings. The van der Waals surface area contributed by atoms with Crippen LogP contribution in [0.25, 0.3) is 33.0 Å². The summed E-state index contributed by atoms with van der Waals surface area (Å²) >= 11 is 0. The summed E-state index contributed by atoms with van der Waals surface area (Å²) < 4.78 is 34.6. The van der Waals surface area contributed by atoms with Gasteiger partial charge in [0.2, 0.25) is 5.76 Å². The molecular weight excluding hydrogens is 647 g/mol. The molecule has 1 aliphatic heterocycles. The van der Waals surface area contributed by atoms with Crippen LogP contribution in [0.1, 0.15) is 45.7 Å². The number of sulfonamides is 1. The Morgan fingerprint density at radius 2 is 1.60 bits per heavy atom. The molecule has 4 aromatic carbocycles. The SMILES string of the molecule is Cc1ccc(-c2c(C(=O)NS(=O)(=O)c3ccc(C)cc3)oc3ccc(N4CCN(CCCCc5c[nH]c6ccc(C#N)cc56)CC4)cc23)cc1. The Hall–Kier alpha value is -5.37. The molecule has 0 unspecified atom stereocenters. The molecule has 3 heterocycles. The number of nitrogens with one attached hydrogen (secondary N) is 2. The monoisotopic (exact) mass is 685 g/mol. The lowest BCUT2D eigenvalue weighted by atomic mass is 10.00. The van der Waals surface area contributed by atoms with Gasteiger partial charge in [0.1, 0.15) is 5.58 Å². The van der Waals surface area contributed by atoms with E-state index in [1.165, 1.54) is 17.7 Å². The first-order valence-electron chi connectivity index (χ1n) is 16.9. The summed E-state index contributed by atoms with van der Waals surface area (Å²) in [6.07, 6.45) is 5.20. The van der Waals surface area contributed by atoms with Gasteiger partial charge in [0, 0.05) is 59.9 Å². The van der Waals surface area contributed by atoms with Crippen molar-refractivity contribution in [3.8, 4) is 17.2 Å². The number of piperazine rings is 1. The van der Waals surface area contributed by atoms with Gasteiger partial charge in [-0.15, -0.1) is 0 Å². The van der Waals surface area contributed by atoms with E-state index in [2.05, 4.69) is 31.8 Å². The standard InChI is InChI=1S/C40H39N5O4S/c1-27-6-11-30(12-7-27)38-35-24-32(13-17-37(35)49-39(38)40(46)43-50(47,48)33-14-8-28(2)9-15-33)45-21-19-44(20-22-45)18-4-3-5-31-26-42-36-16-10-29(25-41)23-34(31)36/h6-17,23-24,26,42H,3-5,18-22H2,1-2H3,(H,43,46). The van der Waals surface area contributed by atoms with Crippen LogP contribution in [0.4, 0.5) is 5.69 Å². The Kier molecular flexibility index (Phi) is 9.19. The van der Waals surface area contributed by atoms with Gasteiger partial charge >= 0.3 is 5.91 Å². The van der Waals surface area contributed by atoms with Gasteiger partial charge in [-0.2, -0.15) is 5.26 Å². The summed E-state index contributed by atoms with van der Waals surface area (Å²) in [7, 11) is -4.11. The average molecular weight is 686 g/mol. The van der Waals surface area contributed by atoms with Gasteiger partial charge in [-0.3, -0.25) is 9.69 Å². The summed E-state index contributed by atoms with van der Waals surface area (Å²) in [6.45, 7) is 8.51. The van der Waals surface area contributed by atoms with Crippen molar-refractivity contribution in [3.63, 3.8) is 0 Å². The highest BCUT2D eigenvalue weighted by Crippen LogP contribution is 2.38. The average Bonchev–Trinajstić information content (AvgIpc) is 3.71. The molecule has 1 amide bonds. The first kappa shape index (κ1) is 33.1. The Balaban J connectivity index is 1.04. The van der Waals surface area contributed by atoms with Crippen LogP contribution in [-0.4, -0.2) is 56.9 Å². The molecule has 0 saturated carbocycles. The van der Waals surface area contributed by atoms with Gasteiger partial charge in [0.25, 0.3) is 10.0 Å². The Morgan fingerprint density at radius 1 is 0.880 bits per heavy atom. The third-order valence-electron chi connectivity index (χ3n) is 9.58. The van der Waals surface area contributed by atoms with E-state index in [-0.39, 0.29) is 10.7 Å². The number of hydrogen-bond acceptors (Lipinski definition) is 7. The Morgan fingerprint density at radius 3 is 2.32 bits per heavy atom. The first-order chi connectivity index (χ1) is 24.2. The van der Waals surface area contributed by atoms with Crippen molar-refractivity contribution in [2.45, 2.75) is 38.0 Å². The molecule has 0 bridgehead atoms. The lowest BCUT2D eigenvalue weighted by molar-refractivity contribution is 0.0957.